The summed E-state index contributed by atoms with van der Waals surface area (Å²) in [6.45, 7) is 0. The Morgan fingerprint density at radius 2 is 1.69 bits per heavy atom. The van der Waals surface area contributed by atoms with E-state index in [0.29, 0.717) is 23.3 Å². The van der Waals surface area contributed by atoms with Gasteiger partial charge in [0.1, 0.15) is 0 Å². The summed E-state index contributed by atoms with van der Waals surface area (Å²) in [5.41, 5.74) is 0.556. The van der Waals surface area contributed by atoms with Crippen LogP contribution in [0, 0.1) is 23.7 Å². The zero-order valence-corrected chi connectivity index (χ0v) is 7.05. The molecule has 4 aliphatic carbocycles. The van der Waals surface area contributed by atoms with E-state index >= 15 is 0 Å². The quantitative estimate of drug-likeness (QED) is 0.613. The van der Waals surface area contributed by atoms with Gasteiger partial charge in [0.2, 0.25) is 0 Å². The third kappa shape index (κ3) is 0.857. The van der Waals surface area contributed by atoms with E-state index in [0.717, 1.165) is 0 Å². The second kappa shape index (κ2) is 2.13. The Morgan fingerprint density at radius 3 is 2.23 bits per heavy atom. The van der Waals surface area contributed by atoms with Crippen molar-refractivity contribution < 1.29 is 9.90 Å². The first-order valence-electron chi connectivity index (χ1n) is 4.59. The number of hydrogen-bond acceptors (Lipinski definition) is 1. The fraction of sp³-hybridized carbons (Fsp3) is 0.364. The SMILES string of the molecule is O=C(O)C1=CC2C3C=CC1C=CC32. The van der Waals surface area contributed by atoms with E-state index in [9.17, 15) is 4.79 Å². The third-order valence-electron chi connectivity index (χ3n) is 3.25. The first kappa shape index (κ1) is 7.13. The molecule has 0 spiro atoms. The molecule has 0 aromatic heterocycles. The van der Waals surface area contributed by atoms with Crippen LogP contribution in [0.3, 0.4) is 0 Å². The molecule has 0 aromatic carbocycles. The van der Waals surface area contributed by atoms with Gasteiger partial charge in [0.15, 0.2) is 0 Å². The van der Waals surface area contributed by atoms with E-state index in [1.165, 1.54) is 0 Å². The van der Waals surface area contributed by atoms with Crippen LogP contribution in [0.15, 0.2) is 36.0 Å². The van der Waals surface area contributed by atoms with E-state index in [-0.39, 0.29) is 5.92 Å². The molecule has 1 N–H and O–H groups in total. The maximum atomic E-state index is 10.9. The summed E-state index contributed by atoms with van der Waals surface area (Å²) in [5, 5.41) is 8.98. The van der Waals surface area contributed by atoms with E-state index in [1.807, 2.05) is 18.2 Å². The van der Waals surface area contributed by atoms with Crippen molar-refractivity contribution in [2.45, 2.75) is 0 Å². The minimum absolute atomic E-state index is 0.0116. The molecule has 0 aliphatic heterocycles. The number of carboxylic acid groups (broad SMARTS) is 1. The Hall–Kier alpha value is -1.31. The Balaban J connectivity index is 2.11. The third-order valence-corrected chi connectivity index (χ3v) is 3.25. The molecule has 0 aromatic rings. The van der Waals surface area contributed by atoms with Crippen molar-refractivity contribution in [3.63, 3.8) is 0 Å². The summed E-state index contributed by atoms with van der Waals surface area (Å²) in [4.78, 5) is 10.9. The largest absolute Gasteiger partial charge is 0.478 e. The van der Waals surface area contributed by atoms with Gasteiger partial charge < -0.3 is 5.11 Å². The molecule has 13 heavy (non-hydrogen) atoms. The highest BCUT2D eigenvalue weighted by molar-refractivity contribution is 5.88. The molecule has 2 unspecified atom stereocenters. The van der Waals surface area contributed by atoms with Crippen molar-refractivity contribution in [1.82, 2.24) is 0 Å². The lowest BCUT2D eigenvalue weighted by atomic mass is 9.99. The molecule has 4 aliphatic rings. The second-order valence-corrected chi connectivity index (χ2v) is 3.95. The molecule has 4 rings (SSSR count). The maximum Gasteiger partial charge on any atom is 0.332 e. The van der Waals surface area contributed by atoms with Crippen LogP contribution in [0.25, 0.3) is 0 Å². The van der Waals surface area contributed by atoms with Crippen molar-refractivity contribution in [3.05, 3.63) is 36.0 Å². The topological polar surface area (TPSA) is 37.3 Å². The van der Waals surface area contributed by atoms with Gasteiger partial charge in [0, 0.05) is 11.5 Å². The van der Waals surface area contributed by atoms with E-state index in [2.05, 4.69) is 12.2 Å². The Labute approximate surface area is 76.3 Å². The zero-order chi connectivity index (χ0) is 9.00. The molecule has 1 fully saturated rings. The molecule has 2 heteroatoms. The van der Waals surface area contributed by atoms with Gasteiger partial charge in [-0.15, -0.1) is 0 Å². The smallest absolute Gasteiger partial charge is 0.332 e. The molecular weight excluding hydrogens is 164 g/mol. The van der Waals surface area contributed by atoms with Gasteiger partial charge in [-0.25, -0.2) is 4.79 Å². The van der Waals surface area contributed by atoms with Crippen LogP contribution >= 0.6 is 0 Å². The van der Waals surface area contributed by atoms with Crippen molar-refractivity contribution in [1.29, 1.82) is 0 Å². The standard InChI is InChI=1S/C11H10O2/c12-11(13)9-5-10-7-3-1-6(9)2-4-8(7)10/h1-8,10H,(H,12,13). The lowest BCUT2D eigenvalue weighted by molar-refractivity contribution is -0.133. The first-order chi connectivity index (χ1) is 6.27. The highest BCUT2D eigenvalue weighted by Gasteiger charge is 2.48. The molecule has 66 valence electrons. The van der Waals surface area contributed by atoms with E-state index in [1.54, 1.807) is 0 Å². The first-order valence-corrected chi connectivity index (χ1v) is 4.59. The number of hydrogen-bond donors (Lipinski definition) is 1. The summed E-state index contributed by atoms with van der Waals surface area (Å²) < 4.78 is 0. The summed E-state index contributed by atoms with van der Waals surface area (Å²) >= 11 is 0. The fourth-order valence-corrected chi connectivity index (χ4v) is 2.42. The molecule has 4 bridgehead atoms. The van der Waals surface area contributed by atoms with Crippen LogP contribution in [0.4, 0.5) is 0 Å². The van der Waals surface area contributed by atoms with E-state index in [4.69, 9.17) is 5.11 Å². The van der Waals surface area contributed by atoms with Crippen LogP contribution < -0.4 is 0 Å². The predicted molar refractivity (Wildman–Crippen MR) is 48.0 cm³/mol. The molecule has 0 amide bonds. The minimum Gasteiger partial charge on any atom is -0.478 e. The average Bonchev–Trinajstić information content (AvgIpc) is 2.82. The Bertz CT molecular complexity index is 342. The van der Waals surface area contributed by atoms with Gasteiger partial charge in [0.05, 0.1) is 0 Å². The molecule has 2 nitrogen and oxygen atoms in total. The molecule has 2 atom stereocenters. The molecule has 0 heterocycles. The predicted octanol–water partition coefficient (Wildman–Crippen LogP) is 1.62. The van der Waals surface area contributed by atoms with Crippen LogP contribution in [0.2, 0.25) is 0 Å². The van der Waals surface area contributed by atoms with Gasteiger partial charge in [-0.05, 0) is 17.8 Å². The highest BCUT2D eigenvalue weighted by Crippen LogP contribution is 2.54. The van der Waals surface area contributed by atoms with Gasteiger partial charge >= 0.3 is 5.97 Å². The van der Waals surface area contributed by atoms with Crippen molar-refractivity contribution in [3.8, 4) is 0 Å². The van der Waals surface area contributed by atoms with E-state index < -0.39 is 5.97 Å². The Morgan fingerprint density at radius 1 is 1.08 bits per heavy atom. The molecule has 0 radical (unpaired) electrons. The summed E-state index contributed by atoms with van der Waals surface area (Å²) in [5.74, 6) is 0.868. The van der Waals surface area contributed by atoms with Gasteiger partial charge in [-0.1, -0.05) is 30.4 Å². The van der Waals surface area contributed by atoms with Crippen LogP contribution in [0.1, 0.15) is 0 Å². The second-order valence-electron chi connectivity index (χ2n) is 3.95. The van der Waals surface area contributed by atoms with Crippen molar-refractivity contribution in [2.75, 3.05) is 0 Å². The monoisotopic (exact) mass is 174 g/mol. The molecule has 0 saturated heterocycles. The average molecular weight is 174 g/mol. The fourth-order valence-electron chi connectivity index (χ4n) is 2.42. The summed E-state index contributed by atoms with van der Waals surface area (Å²) in [6.07, 6.45) is 10.3. The number of rotatable bonds is 1. The van der Waals surface area contributed by atoms with Crippen LogP contribution in [0.5, 0.6) is 0 Å². The number of carbonyl (C=O) groups is 1. The van der Waals surface area contributed by atoms with Crippen molar-refractivity contribution >= 4 is 5.97 Å². The minimum atomic E-state index is -0.771. The normalized spacial score (nSPS) is 43.8. The lowest BCUT2D eigenvalue weighted by Crippen LogP contribution is -2.08. The van der Waals surface area contributed by atoms with Crippen molar-refractivity contribution in [2.24, 2.45) is 23.7 Å². The number of carboxylic acids is 1. The maximum absolute atomic E-state index is 10.9. The molecular formula is C11H10O2. The van der Waals surface area contributed by atoms with Gasteiger partial charge in [0.25, 0.3) is 0 Å². The number of aliphatic carboxylic acids is 1. The van der Waals surface area contributed by atoms with Gasteiger partial charge in [-0.2, -0.15) is 0 Å². The summed E-state index contributed by atoms with van der Waals surface area (Å²) in [7, 11) is 0. The van der Waals surface area contributed by atoms with Crippen LogP contribution in [-0.2, 0) is 4.79 Å². The van der Waals surface area contributed by atoms with Crippen LogP contribution in [-0.4, -0.2) is 11.1 Å². The van der Waals surface area contributed by atoms with Gasteiger partial charge in [-0.3, -0.25) is 0 Å². The zero-order valence-electron chi connectivity index (χ0n) is 7.05. The Kier molecular flexibility index (Phi) is 1.17. The lowest BCUT2D eigenvalue weighted by Gasteiger charge is -2.05. The molecule has 1 saturated carbocycles. The number of allylic oxidation sites excluding steroid dienone is 5. The summed E-state index contributed by atoms with van der Waals surface area (Å²) in [6, 6.07) is 0. The highest BCUT2D eigenvalue weighted by atomic mass is 16.4.